The standard InChI is InChI=1S/C18H25NOS/c1-13-18(8-9-20-13,12-19-15-6-7-15)10-14-11-21-17-5-3-2-4-16(14)17/h2-5,13-15,19H,6-12H2,1H3. The van der Waals surface area contributed by atoms with Crippen LogP contribution in [0.4, 0.5) is 0 Å². The molecule has 4 rings (SSSR count). The second-order valence-electron chi connectivity index (χ2n) is 7.03. The molecule has 3 atom stereocenters. The van der Waals surface area contributed by atoms with E-state index in [0.29, 0.717) is 17.4 Å². The van der Waals surface area contributed by atoms with Gasteiger partial charge in [-0.2, -0.15) is 0 Å². The maximum Gasteiger partial charge on any atom is 0.0616 e. The molecule has 3 aliphatic rings. The summed E-state index contributed by atoms with van der Waals surface area (Å²) in [6, 6.07) is 9.77. The van der Waals surface area contributed by atoms with Gasteiger partial charge in [-0.1, -0.05) is 18.2 Å². The van der Waals surface area contributed by atoms with E-state index in [1.54, 1.807) is 5.56 Å². The average Bonchev–Trinajstić information content (AvgIpc) is 3.16. The molecule has 2 nitrogen and oxygen atoms in total. The highest BCUT2D eigenvalue weighted by Gasteiger charge is 2.44. The van der Waals surface area contributed by atoms with Gasteiger partial charge in [-0.3, -0.25) is 0 Å². The second-order valence-corrected chi connectivity index (χ2v) is 8.09. The van der Waals surface area contributed by atoms with E-state index in [0.717, 1.165) is 19.2 Å². The van der Waals surface area contributed by atoms with E-state index in [4.69, 9.17) is 4.74 Å². The topological polar surface area (TPSA) is 21.3 Å². The molecule has 1 saturated heterocycles. The quantitative estimate of drug-likeness (QED) is 0.893. The summed E-state index contributed by atoms with van der Waals surface area (Å²) in [5.41, 5.74) is 1.91. The third kappa shape index (κ3) is 2.76. The normalized spacial score (nSPS) is 35.1. The van der Waals surface area contributed by atoms with Crippen LogP contribution in [0.2, 0.25) is 0 Å². The van der Waals surface area contributed by atoms with Crippen molar-refractivity contribution < 1.29 is 4.74 Å². The van der Waals surface area contributed by atoms with Crippen molar-refractivity contribution in [3.63, 3.8) is 0 Å². The third-order valence-corrected chi connectivity index (χ3v) is 6.85. The van der Waals surface area contributed by atoms with Crippen molar-refractivity contribution in [1.29, 1.82) is 0 Å². The number of hydrogen-bond acceptors (Lipinski definition) is 3. The molecule has 0 radical (unpaired) electrons. The van der Waals surface area contributed by atoms with Gasteiger partial charge in [0.15, 0.2) is 0 Å². The van der Waals surface area contributed by atoms with Gasteiger partial charge in [0, 0.05) is 35.3 Å². The van der Waals surface area contributed by atoms with Gasteiger partial charge in [0.05, 0.1) is 6.10 Å². The number of nitrogens with one attached hydrogen (secondary N) is 1. The van der Waals surface area contributed by atoms with Gasteiger partial charge in [0.1, 0.15) is 0 Å². The molecule has 1 aliphatic carbocycles. The molecule has 1 N–H and O–H groups in total. The highest BCUT2D eigenvalue weighted by Crippen LogP contribution is 2.49. The van der Waals surface area contributed by atoms with Crippen molar-refractivity contribution >= 4 is 11.8 Å². The lowest BCUT2D eigenvalue weighted by Gasteiger charge is -2.35. The summed E-state index contributed by atoms with van der Waals surface area (Å²) in [6.45, 7) is 4.37. The molecule has 1 aromatic carbocycles. The highest BCUT2D eigenvalue weighted by molar-refractivity contribution is 7.99. The fourth-order valence-corrected chi connectivity index (χ4v) is 5.17. The van der Waals surface area contributed by atoms with Gasteiger partial charge in [-0.15, -0.1) is 11.8 Å². The highest BCUT2D eigenvalue weighted by atomic mass is 32.2. The number of thioether (sulfide) groups is 1. The zero-order valence-corrected chi connectivity index (χ0v) is 13.6. The number of ether oxygens (including phenoxy) is 1. The van der Waals surface area contributed by atoms with E-state index >= 15 is 0 Å². The Kier molecular flexibility index (Phi) is 3.76. The minimum absolute atomic E-state index is 0.339. The van der Waals surface area contributed by atoms with Crippen molar-refractivity contribution in [3.05, 3.63) is 29.8 Å². The SMILES string of the molecule is CC1OCCC1(CNC1CC1)CC1CSc2ccccc21. The molecule has 0 spiro atoms. The first kappa shape index (κ1) is 14.1. The number of fused-ring (bicyclic) bond motifs is 1. The smallest absolute Gasteiger partial charge is 0.0616 e. The lowest BCUT2D eigenvalue weighted by molar-refractivity contribution is 0.0554. The summed E-state index contributed by atoms with van der Waals surface area (Å²) in [4.78, 5) is 1.50. The number of rotatable bonds is 5. The van der Waals surface area contributed by atoms with E-state index in [-0.39, 0.29) is 0 Å². The molecule has 1 aromatic rings. The largest absolute Gasteiger partial charge is 0.378 e. The summed E-state index contributed by atoms with van der Waals surface area (Å²) in [7, 11) is 0. The van der Waals surface area contributed by atoms with Crippen molar-refractivity contribution in [3.8, 4) is 0 Å². The Balaban J connectivity index is 1.52. The molecule has 2 aliphatic heterocycles. The fourth-order valence-electron chi connectivity index (χ4n) is 3.92. The van der Waals surface area contributed by atoms with Crippen LogP contribution in [0.15, 0.2) is 29.2 Å². The first-order valence-electron chi connectivity index (χ1n) is 8.34. The molecular weight excluding hydrogens is 278 g/mol. The van der Waals surface area contributed by atoms with Crippen LogP contribution in [0.25, 0.3) is 0 Å². The van der Waals surface area contributed by atoms with Crippen molar-refractivity contribution in [2.75, 3.05) is 18.9 Å². The first-order valence-corrected chi connectivity index (χ1v) is 9.32. The monoisotopic (exact) mass is 303 g/mol. The molecular formula is C18H25NOS. The molecule has 114 valence electrons. The van der Waals surface area contributed by atoms with E-state index < -0.39 is 0 Å². The van der Waals surface area contributed by atoms with Gasteiger partial charge < -0.3 is 10.1 Å². The van der Waals surface area contributed by atoms with Crippen molar-refractivity contribution in [2.24, 2.45) is 5.41 Å². The maximum absolute atomic E-state index is 5.97. The molecule has 2 heterocycles. The van der Waals surface area contributed by atoms with Crippen LogP contribution in [0.5, 0.6) is 0 Å². The Hall–Kier alpha value is -0.510. The van der Waals surface area contributed by atoms with Gasteiger partial charge in [-0.25, -0.2) is 0 Å². The molecule has 0 bridgehead atoms. The summed E-state index contributed by atoms with van der Waals surface area (Å²) in [5, 5.41) is 3.78. The van der Waals surface area contributed by atoms with Crippen LogP contribution < -0.4 is 5.32 Å². The van der Waals surface area contributed by atoms with Crippen LogP contribution in [0.1, 0.15) is 44.1 Å². The van der Waals surface area contributed by atoms with Crippen LogP contribution in [-0.2, 0) is 4.74 Å². The summed E-state index contributed by atoms with van der Waals surface area (Å²) < 4.78 is 5.97. The van der Waals surface area contributed by atoms with Crippen LogP contribution >= 0.6 is 11.8 Å². The summed E-state index contributed by atoms with van der Waals surface area (Å²) >= 11 is 2.03. The molecule has 2 fully saturated rings. The second kappa shape index (κ2) is 5.60. The number of hydrogen-bond donors (Lipinski definition) is 1. The summed E-state index contributed by atoms with van der Waals surface area (Å²) in [5.74, 6) is 1.95. The molecule has 21 heavy (non-hydrogen) atoms. The van der Waals surface area contributed by atoms with E-state index in [1.165, 1.54) is 36.3 Å². The van der Waals surface area contributed by atoms with Crippen molar-refractivity contribution in [2.45, 2.75) is 55.6 Å². The maximum atomic E-state index is 5.97. The van der Waals surface area contributed by atoms with E-state index in [1.807, 2.05) is 11.8 Å². The zero-order chi connectivity index (χ0) is 14.3. The minimum Gasteiger partial charge on any atom is -0.378 e. The molecule has 3 heteroatoms. The Morgan fingerprint density at radius 1 is 1.33 bits per heavy atom. The van der Waals surface area contributed by atoms with E-state index in [9.17, 15) is 0 Å². The van der Waals surface area contributed by atoms with Gasteiger partial charge in [0.2, 0.25) is 0 Å². The Bertz CT molecular complexity index is 516. The van der Waals surface area contributed by atoms with Gasteiger partial charge >= 0.3 is 0 Å². The minimum atomic E-state index is 0.339. The lowest BCUT2D eigenvalue weighted by Crippen LogP contribution is -2.41. The Labute approximate surface area is 132 Å². The van der Waals surface area contributed by atoms with Crippen LogP contribution in [0, 0.1) is 5.41 Å². The zero-order valence-electron chi connectivity index (χ0n) is 12.8. The van der Waals surface area contributed by atoms with Crippen molar-refractivity contribution in [1.82, 2.24) is 5.32 Å². The van der Waals surface area contributed by atoms with Crippen LogP contribution in [-0.4, -0.2) is 31.1 Å². The van der Waals surface area contributed by atoms with E-state index in [2.05, 4.69) is 36.5 Å². The predicted molar refractivity (Wildman–Crippen MR) is 88.0 cm³/mol. The molecule has 1 saturated carbocycles. The van der Waals surface area contributed by atoms with Crippen LogP contribution in [0.3, 0.4) is 0 Å². The number of benzene rings is 1. The Morgan fingerprint density at radius 3 is 2.95 bits per heavy atom. The third-order valence-electron chi connectivity index (χ3n) is 5.60. The van der Waals surface area contributed by atoms with Gasteiger partial charge in [-0.05, 0) is 50.2 Å². The first-order chi connectivity index (χ1) is 10.3. The Morgan fingerprint density at radius 2 is 2.19 bits per heavy atom. The summed E-state index contributed by atoms with van der Waals surface area (Å²) in [6.07, 6.45) is 5.62. The fraction of sp³-hybridized carbons (Fsp3) is 0.667. The molecule has 3 unspecified atom stereocenters. The lowest BCUT2D eigenvalue weighted by atomic mass is 9.73. The average molecular weight is 303 g/mol. The molecule has 0 amide bonds. The van der Waals surface area contributed by atoms with Gasteiger partial charge in [0.25, 0.3) is 0 Å². The predicted octanol–water partition coefficient (Wildman–Crippen LogP) is 3.81. The molecule has 0 aromatic heterocycles.